The van der Waals surface area contributed by atoms with Crippen molar-refractivity contribution in [1.29, 1.82) is 5.26 Å². The van der Waals surface area contributed by atoms with Crippen molar-refractivity contribution in [2.24, 2.45) is 0 Å². The van der Waals surface area contributed by atoms with E-state index in [4.69, 9.17) is 5.26 Å². The lowest BCUT2D eigenvalue weighted by molar-refractivity contribution is -0.389. The number of halogens is 3. The first-order chi connectivity index (χ1) is 8.24. The Labute approximate surface area is 96.6 Å². The van der Waals surface area contributed by atoms with Crippen LogP contribution in [0.3, 0.4) is 0 Å². The maximum Gasteiger partial charge on any atom is 0.573 e. The summed E-state index contributed by atoms with van der Waals surface area (Å²) >= 11 is 0. The van der Waals surface area contributed by atoms with E-state index in [0.29, 0.717) is 6.07 Å². The topological polar surface area (TPSA) is 109 Å². The third kappa shape index (κ3) is 3.21. The van der Waals surface area contributed by atoms with Crippen LogP contribution in [-0.4, -0.2) is 16.3 Å². The third-order valence-electron chi connectivity index (χ3n) is 1.71. The second kappa shape index (κ2) is 4.74. The van der Waals surface area contributed by atoms with Crippen LogP contribution in [0.25, 0.3) is 0 Å². The summed E-state index contributed by atoms with van der Waals surface area (Å²) in [5.41, 5.74) is -1.93. The first kappa shape index (κ1) is 13.5. The molecule has 1 N–H and O–H groups in total. The quantitative estimate of drug-likeness (QED) is 0.651. The van der Waals surface area contributed by atoms with Gasteiger partial charge in [-0.15, -0.1) is 13.2 Å². The number of alkyl halides is 3. The van der Waals surface area contributed by atoms with Gasteiger partial charge in [0, 0.05) is 0 Å². The highest BCUT2D eigenvalue weighted by Crippen LogP contribution is 2.23. The van der Waals surface area contributed by atoms with Gasteiger partial charge in [-0.1, -0.05) is 0 Å². The zero-order valence-corrected chi connectivity index (χ0v) is 8.45. The molecule has 0 bridgehead atoms. The average Bonchev–Trinajstić information content (AvgIpc) is 2.21. The van der Waals surface area contributed by atoms with Crippen LogP contribution in [0.1, 0.15) is 5.69 Å². The number of nitrogens with zero attached hydrogens (tertiary/aromatic N) is 2. The van der Waals surface area contributed by atoms with Crippen molar-refractivity contribution in [1.82, 2.24) is 4.98 Å². The Bertz CT molecular complexity index is 572. The molecular weight excluding hydrogens is 259 g/mol. The predicted molar refractivity (Wildman–Crippen MR) is 49.7 cm³/mol. The molecule has 0 saturated heterocycles. The van der Waals surface area contributed by atoms with Gasteiger partial charge in [0.1, 0.15) is 6.42 Å². The van der Waals surface area contributed by atoms with Gasteiger partial charge in [0.2, 0.25) is 11.2 Å². The van der Waals surface area contributed by atoms with Gasteiger partial charge in [0.05, 0.1) is 12.1 Å². The number of aromatic nitrogens is 1. The number of hydrogen-bond donors (Lipinski definition) is 1. The predicted octanol–water partition coefficient (Wildman–Crippen LogP) is 1.25. The van der Waals surface area contributed by atoms with Gasteiger partial charge < -0.3 is 14.9 Å². The molecule has 18 heavy (non-hydrogen) atoms. The summed E-state index contributed by atoms with van der Waals surface area (Å²) in [6.45, 7) is 0. The highest BCUT2D eigenvalue weighted by atomic mass is 19.4. The molecule has 1 aromatic heterocycles. The average molecular weight is 263 g/mol. The van der Waals surface area contributed by atoms with Crippen molar-refractivity contribution in [3.63, 3.8) is 0 Å². The number of rotatable bonds is 3. The van der Waals surface area contributed by atoms with Crippen LogP contribution in [0, 0.1) is 21.4 Å². The van der Waals surface area contributed by atoms with Crippen molar-refractivity contribution < 1.29 is 22.8 Å². The van der Waals surface area contributed by atoms with Gasteiger partial charge in [0.25, 0.3) is 0 Å². The Morgan fingerprint density at radius 1 is 1.56 bits per heavy atom. The Kier molecular flexibility index (Phi) is 3.55. The van der Waals surface area contributed by atoms with Gasteiger partial charge >= 0.3 is 12.2 Å². The number of ether oxygens (including phenoxy) is 1. The standard InChI is InChI=1S/C8H4F3N3O4/c9-8(10,11)18-7-4(1-2-12)13-6(14(16)17)3-5(7)15/h3H,1H2,(H,13,15). The second-order valence-corrected chi connectivity index (χ2v) is 2.97. The van der Waals surface area contributed by atoms with Crippen LogP contribution in [-0.2, 0) is 6.42 Å². The molecule has 0 atom stereocenters. The number of aromatic amines is 1. The number of nitrogens with one attached hydrogen (secondary N) is 1. The smallest absolute Gasteiger partial charge is 0.397 e. The molecule has 96 valence electrons. The third-order valence-corrected chi connectivity index (χ3v) is 1.71. The molecule has 0 spiro atoms. The Morgan fingerprint density at radius 2 is 2.17 bits per heavy atom. The number of nitro groups is 1. The van der Waals surface area contributed by atoms with E-state index in [1.807, 2.05) is 4.98 Å². The SMILES string of the molecule is N#CCc1[nH]c([N+](=O)[O-])cc(=O)c1OC(F)(F)F. The van der Waals surface area contributed by atoms with E-state index < -0.39 is 40.4 Å². The monoisotopic (exact) mass is 263 g/mol. The Balaban J connectivity index is 3.37. The minimum Gasteiger partial charge on any atom is -0.397 e. The van der Waals surface area contributed by atoms with Crippen LogP contribution in [0.2, 0.25) is 0 Å². The summed E-state index contributed by atoms with van der Waals surface area (Å²) in [4.78, 5) is 22.6. The van der Waals surface area contributed by atoms with Gasteiger partial charge in [-0.3, -0.25) is 4.79 Å². The lowest BCUT2D eigenvalue weighted by atomic mass is 10.2. The van der Waals surface area contributed by atoms with Crippen LogP contribution < -0.4 is 10.2 Å². The van der Waals surface area contributed by atoms with E-state index in [0.717, 1.165) is 0 Å². The maximum absolute atomic E-state index is 12.0. The zero-order chi connectivity index (χ0) is 13.9. The minimum atomic E-state index is -5.13. The molecular formula is C8H4F3N3O4. The summed E-state index contributed by atoms with van der Waals surface area (Å²) in [5.74, 6) is -1.99. The highest BCUT2D eigenvalue weighted by Gasteiger charge is 2.34. The van der Waals surface area contributed by atoms with Gasteiger partial charge in [-0.05, 0) is 4.92 Å². The first-order valence-electron chi connectivity index (χ1n) is 4.28. The minimum absolute atomic E-state index is 0.349. The molecule has 0 radical (unpaired) electrons. The molecule has 0 aliphatic rings. The molecule has 0 aliphatic carbocycles. The number of nitriles is 1. The van der Waals surface area contributed by atoms with Crippen molar-refractivity contribution in [3.8, 4) is 11.8 Å². The van der Waals surface area contributed by atoms with Crippen LogP contribution >= 0.6 is 0 Å². The van der Waals surface area contributed by atoms with Gasteiger partial charge in [-0.25, -0.2) is 4.98 Å². The molecule has 1 heterocycles. The summed E-state index contributed by atoms with van der Waals surface area (Å²) in [6.07, 6.45) is -5.80. The number of H-pyrrole nitrogens is 1. The zero-order valence-electron chi connectivity index (χ0n) is 8.45. The fourth-order valence-electron chi connectivity index (χ4n) is 1.12. The van der Waals surface area contributed by atoms with E-state index in [2.05, 4.69) is 4.74 Å². The Morgan fingerprint density at radius 3 is 2.61 bits per heavy atom. The van der Waals surface area contributed by atoms with Crippen LogP contribution in [0.4, 0.5) is 19.0 Å². The van der Waals surface area contributed by atoms with Crippen LogP contribution in [0.5, 0.6) is 5.75 Å². The van der Waals surface area contributed by atoms with E-state index >= 15 is 0 Å². The largest absolute Gasteiger partial charge is 0.573 e. The summed E-state index contributed by atoms with van der Waals surface area (Å²) in [5, 5.41) is 18.8. The van der Waals surface area contributed by atoms with Gasteiger partial charge in [-0.2, -0.15) is 5.26 Å². The van der Waals surface area contributed by atoms with Gasteiger partial charge in [0.15, 0.2) is 5.69 Å². The normalized spacial score (nSPS) is 10.8. The fourth-order valence-corrected chi connectivity index (χ4v) is 1.12. The maximum atomic E-state index is 12.0. The number of hydrogen-bond acceptors (Lipinski definition) is 5. The molecule has 10 heteroatoms. The highest BCUT2D eigenvalue weighted by molar-refractivity contribution is 5.36. The van der Waals surface area contributed by atoms with E-state index in [1.54, 1.807) is 0 Å². The molecule has 0 aliphatic heterocycles. The lowest BCUT2D eigenvalue weighted by Crippen LogP contribution is -2.23. The molecule has 0 fully saturated rings. The first-order valence-corrected chi connectivity index (χ1v) is 4.28. The molecule has 0 saturated carbocycles. The summed E-state index contributed by atoms with van der Waals surface area (Å²) in [6, 6.07) is 1.81. The summed E-state index contributed by atoms with van der Waals surface area (Å²) in [7, 11) is 0. The van der Waals surface area contributed by atoms with Crippen molar-refractivity contribution in [2.75, 3.05) is 0 Å². The van der Waals surface area contributed by atoms with E-state index in [9.17, 15) is 28.1 Å². The molecule has 0 aromatic carbocycles. The second-order valence-electron chi connectivity index (χ2n) is 2.97. The Hall–Kier alpha value is -2.57. The molecule has 1 aromatic rings. The van der Waals surface area contributed by atoms with E-state index in [1.165, 1.54) is 6.07 Å². The number of pyridine rings is 1. The molecule has 1 rings (SSSR count). The summed E-state index contributed by atoms with van der Waals surface area (Å²) < 4.78 is 39.5. The van der Waals surface area contributed by atoms with Crippen molar-refractivity contribution in [3.05, 3.63) is 32.1 Å². The molecule has 0 amide bonds. The van der Waals surface area contributed by atoms with Crippen molar-refractivity contribution in [2.45, 2.75) is 12.8 Å². The van der Waals surface area contributed by atoms with Crippen LogP contribution in [0.15, 0.2) is 10.9 Å². The molecule has 0 unspecified atom stereocenters. The van der Waals surface area contributed by atoms with Crippen molar-refractivity contribution >= 4 is 5.82 Å². The fraction of sp³-hybridized carbons (Fsp3) is 0.250. The molecule has 7 nitrogen and oxygen atoms in total. The lowest BCUT2D eigenvalue weighted by Gasteiger charge is -2.09. The van der Waals surface area contributed by atoms with E-state index in [-0.39, 0.29) is 0 Å².